The summed E-state index contributed by atoms with van der Waals surface area (Å²) in [6.45, 7) is 23.5. The Morgan fingerprint density at radius 3 is 1.12 bits per heavy atom. The van der Waals surface area contributed by atoms with Crippen molar-refractivity contribution in [2.75, 3.05) is 0 Å². The van der Waals surface area contributed by atoms with Gasteiger partial charge in [-0.3, -0.25) is 0 Å². The summed E-state index contributed by atoms with van der Waals surface area (Å²) >= 11 is 0. The van der Waals surface area contributed by atoms with E-state index in [-0.39, 0.29) is 24.6 Å². The minimum Gasteiger partial charge on any atom is -0.0767 e. The molecule has 0 aromatic heterocycles. The van der Waals surface area contributed by atoms with Crippen molar-refractivity contribution in [3.05, 3.63) is 62.1 Å². The van der Waals surface area contributed by atoms with Crippen molar-refractivity contribution >= 4 is 0 Å². The predicted molar refractivity (Wildman–Crippen MR) is 56.1 cm³/mol. The Morgan fingerprint density at radius 2 is 1.06 bits per heavy atom. The van der Waals surface area contributed by atoms with E-state index in [1.54, 1.807) is 0 Å². The predicted octanol–water partition coefficient (Wildman–Crippen LogP) is 2.52. The van der Waals surface area contributed by atoms with Gasteiger partial charge in [-0.15, -0.1) is 0 Å². The summed E-state index contributed by atoms with van der Waals surface area (Å²) in [5.74, 6) is 0. The molecule has 1 aliphatic carbocycles. The van der Waals surface area contributed by atoms with Crippen LogP contribution in [0.4, 0.5) is 0 Å². The summed E-state index contributed by atoms with van der Waals surface area (Å²) in [7, 11) is 0. The van der Waals surface area contributed by atoms with Crippen molar-refractivity contribution in [3.63, 3.8) is 0 Å². The zero-order valence-corrected chi connectivity index (χ0v) is 11.0. The molecule has 0 aromatic rings. The Labute approximate surface area is 115 Å². The molecule has 1 aliphatic rings. The third-order valence-electron chi connectivity index (χ3n) is 0.814. The molecule has 0 heterocycles. The number of hydrogen-bond donors (Lipinski definition) is 0. The second-order valence-corrected chi connectivity index (χ2v) is 2.19. The van der Waals surface area contributed by atoms with Crippen molar-refractivity contribution in [2.24, 2.45) is 0 Å². The van der Waals surface area contributed by atoms with Gasteiger partial charge in [-0.25, -0.2) is 6.57 Å². The fraction of sp³-hybridized carbons (Fsp3) is 0.250. The van der Waals surface area contributed by atoms with E-state index in [1.807, 2.05) is 44.6 Å². The molecule has 0 atom stereocenters. The van der Waals surface area contributed by atoms with Gasteiger partial charge in [0.05, 0.1) is 0 Å². The van der Waals surface area contributed by atoms with E-state index in [0.29, 0.717) is 0 Å². The van der Waals surface area contributed by atoms with Gasteiger partial charge in [0.25, 0.3) is 0 Å². The topological polar surface area (TPSA) is 64.1 Å². The first-order valence-electron chi connectivity index (χ1n) is 3.92. The van der Waals surface area contributed by atoms with E-state index in [0.717, 1.165) is 0 Å². The molecule has 0 saturated heterocycles. The fourth-order valence-corrected chi connectivity index (χ4v) is 0.321. The smallest absolute Gasteiger partial charge is 0.00506 e. The minimum absolute atomic E-state index is 0. The molecule has 5 heteroatoms. The van der Waals surface area contributed by atoms with Crippen LogP contribution in [-0.4, -0.2) is 6.04 Å². The first-order valence-corrected chi connectivity index (χ1v) is 3.92. The molecule has 88 valence electrons. The van der Waals surface area contributed by atoms with E-state index in [2.05, 4.69) is 24.8 Å². The monoisotopic (exact) mass is 269 g/mol. The third-order valence-corrected chi connectivity index (χ3v) is 0.814. The van der Waals surface area contributed by atoms with Gasteiger partial charge in [-0.2, -0.15) is 0 Å². The molecule has 0 fully saturated rings. The van der Waals surface area contributed by atoms with E-state index < -0.39 is 0 Å². The van der Waals surface area contributed by atoms with Gasteiger partial charge in [-0.05, 0) is 0 Å². The largest absolute Gasteiger partial charge is 0.0767 e. The minimum atomic E-state index is 0. The van der Waals surface area contributed by atoms with Crippen LogP contribution < -0.4 is 0 Å². The first-order chi connectivity index (χ1) is 7.77. The number of nitrogens with zero attached hydrogens (tertiary/aromatic N) is 1. The molecule has 17 heavy (non-hydrogen) atoms. The van der Waals surface area contributed by atoms with Crippen LogP contribution >= 0.6 is 0 Å². The number of allylic oxidation sites excluding steroid dienone is 4. The van der Waals surface area contributed by atoms with E-state index in [9.17, 15) is 0 Å². The molecule has 0 unspecified atom stereocenters. The molecule has 0 amide bonds. The van der Waals surface area contributed by atoms with E-state index in [1.165, 1.54) is 0 Å². The van der Waals surface area contributed by atoms with Gasteiger partial charge in [0.1, 0.15) is 0 Å². The van der Waals surface area contributed by atoms with Crippen LogP contribution in [0.2, 0.25) is 0 Å². The van der Waals surface area contributed by atoms with E-state index >= 15 is 0 Å². The summed E-state index contributed by atoms with van der Waals surface area (Å²) in [4.78, 5) is 3.14. The van der Waals surface area contributed by atoms with Crippen molar-refractivity contribution in [1.82, 2.24) is 0 Å². The maximum Gasteiger partial charge on any atom is 0.00506 e. The zero-order valence-electron chi connectivity index (χ0n) is 9.58. The molecule has 0 aromatic carbocycles. The molecule has 0 bridgehead atoms. The molecule has 0 N–H and O–H groups in total. The Kier molecular flexibility index (Phi) is 80.9. The van der Waals surface area contributed by atoms with Gasteiger partial charge < -0.3 is 4.85 Å². The Hall–Kier alpha value is -1.23. The normalized spacial score (nSPS) is 7.76. The van der Waals surface area contributed by atoms with Gasteiger partial charge in [0.15, 0.2) is 0 Å². The molecule has 0 spiro atoms. The molecule has 4 nitrogen and oxygen atoms in total. The summed E-state index contributed by atoms with van der Waals surface area (Å²) in [6.07, 6.45) is 10.0. The van der Waals surface area contributed by atoms with Crippen molar-refractivity contribution in [1.29, 1.82) is 0 Å². The third kappa shape index (κ3) is 72.3. The second-order valence-electron chi connectivity index (χ2n) is 2.19. The van der Waals surface area contributed by atoms with Crippen LogP contribution in [0.5, 0.6) is 0 Å². The Morgan fingerprint density at radius 1 is 0.824 bits per heavy atom. The fourth-order valence-electron chi connectivity index (χ4n) is 0.321. The Balaban J connectivity index is -0.0000000380. The Bertz CT molecular complexity index is 245. The van der Waals surface area contributed by atoms with Crippen molar-refractivity contribution in [2.45, 2.75) is 19.9 Å². The van der Waals surface area contributed by atoms with E-state index in [4.69, 9.17) is 20.5 Å². The zero-order chi connectivity index (χ0) is 13.8. The summed E-state index contributed by atoms with van der Waals surface area (Å²) in [5.41, 5.74) is 0. The summed E-state index contributed by atoms with van der Waals surface area (Å²) in [6, 6.07) is 0.176. The van der Waals surface area contributed by atoms with Crippen LogP contribution in [0, 0.1) is 32.9 Å². The van der Waals surface area contributed by atoms with Crippen LogP contribution in [0.1, 0.15) is 13.8 Å². The first kappa shape index (κ1) is 29.7. The molecular formula is C12H12NO3V. The number of hydrogen-bond acceptors (Lipinski definition) is 0. The molecule has 1 rings (SSSR count). The van der Waals surface area contributed by atoms with Crippen LogP contribution in [0.15, 0.2) is 24.3 Å². The standard InChI is InChI=1S/C5H5.C4H7N.3CO.V/c1-2-4-5-3-1;1-4(2)5-3;3*1-2;/h1-5H;4H,1-2H3;;;;. The molecule has 2 radical (unpaired) electrons. The average molecular weight is 269 g/mol. The quantitative estimate of drug-likeness (QED) is 0.479. The molecule has 0 aliphatic heterocycles. The maximum atomic E-state index is 7.50. The molecular weight excluding hydrogens is 257 g/mol. The molecule has 0 saturated carbocycles. The number of rotatable bonds is 0. The van der Waals surface area contributed by atoms with Gasteiger partial charge >= 0.3 is 33.9 Å². The van der Waals surface area contributed by atoms with Gasteiger partial charge in [-0.1, -0.05) is 24.3 Å². The summed E-state index contributed by atoms with van der Waals surface area (Å²) in [5, 5.41) is 0. The maximum absolute atomic E-state index is 7.50. The van der Waals surface area contributed by atoms with Gasteiger partial charge in [0.2, 0.25) is 6.04 Å². The van der Waals surface area contributed by atoms with Crippen molar-refractivity contribution < 1.29 is 32.5 Å². The van der Waals surface area contributed by atoms with Crippen LogP contribution in [-0.2, 0) is 32.5 Å². The van der Waals surface area contributed by atoms with Crippen LogP contribution in [0.3, 0.4) is 0 Å². The summed E-state index contributed by atoms with van der Waals surface area (Å²) < 4.78 is 22.5. The van der Waals surface area contributed by atoms with Crippen LogP contribution in [0.25, 0.3) is 4.85 Å². The SMILES string of the molecule is [C-]#[N+]C(C)C.[C-]#[O+].[C-]#[O+].[C-]#[O+].[CH]1C=CC=C1.[V]. The average Bonchev–Trinajstić information content (AvgIpc) is 2.95. The van der Waals surface area contributed by atoms with Gasteiger partial charge in [0, 0.05) is 38.8 Å². The second kappa shape index (κ2) is 46.4. The van der Waals surface area contributed by atoms with Crippen molar-refractivity contribution in [3.8, 4) is 0 Å².